The van der Waals surface area contributed by atoms with Crippen LogP contribution in [0.2, 0.25) is 0 Å². The van der Waals surface area contributed by atoms with E-state index in [0.29, 0.717) is 24.3 Å². The van der Waals surface area contributed by atoms with E-state index in [4.69, 9.17) is 0 Å². The zero-order chi connectivity index (χ0) is 16.8. The van der Waals surface area contributed by atoms with Gasteiger partial charge in [-0.15, -0.1) is 0 Å². The number of carboxylic acid groups (broad SMARTS) is 1. The highest BCUT2D eigenvalue weighted by atomic mass is 16.4. The lowest BCUT2D eigenvalue weighted by atomic mass is 9.97. The van der Waals surface area contributed by atoms with Crippen molar-refractivity contribution in [2.24, 2.45) is 0 Å². The molecule has 5 heteroatoms. The van der Waals surface area contributed by atoms with Crippen molar-refractivity contribution in [1.82, 2.24) is 9.88 Å². The van der Waals surface area contributed by atoms with Gasteiger partial charge in [0.2, 0.25) is 5.91 Å². The molecule has 5 nitrogen and oxygen atoms in total. The summed E-state index contributed by atoms with van der Waals surface area (Å²) in [5, 5.41) is 12.3. The van der Waals surface area contributed by atoms with Crippen molar-refractivity contribution in [3.8, 4) is 0 Å². The van der Waals surface area contributed by atoms with Gasteiger partial charge in [0.15, 0.2) is 0 Å². The molecule has 0 saturated carbocycles. The first-order chi connectivity index (χ1) is 11.0. The van der Waals surface area contributed by atoms with Crippen molar-refractivity contribution in [1.29, 1.82) is 0 Å². The second kappa shape index (κ2) is 7.99. The topological polar surface area (TPSA) is 71.3 Å². The van der Waals surface area contributed by atoms with Crippen molar-refractivity contribution in [2.45, 2.75) is 58.9 Å². The number of aryl methyl sites for hydroxylation is 2. The molecule has 0 atom stereocenters. The number of hydrogen-bond acceptors (Lipinski definition) is 2. The first-order valence-corrected chi connectivity index (χ1v) is 8.39. The minimum absolute atomic E-state index is 0.113. The van der Waals surface area contributed by atoms with Gasteiger partial charge < -0.3 is 15.0 Å². The van der Waals surface area contributed by atoms with Gasteiger partial charge in [0.25, 0.3) is 0 Å². The highest BCUT2D eigenvalue weighted by molar-refractivity contribution is 5.93. The molecule has 1 aromatic rings. The Labute approximate surface area is 137 Å². The van der Waals surface area contributed by atoms with E-state index in [1.54, 1.807) is 13.1 Å². The maximum Gasteiger partial charge on any atom is 0.337 e. The van der Waals surface area contributed by atoms with Gasteiger partial charge in [-0.3, -0.25) is 4.79 Å². The summed E-state index contributed by atoms with van der Waals surface area (Å²) in [4.78, 5) is 23.6. The molecule has 0 aromatic carbocycles. The van der Waals surface area contributed by atoms with Gasteiger partial charge >= 0.3 is 5.97 Å². The fourth-order valence-electron chi connectivity index (χ4n) is 3.22. The molecule has 0 saturated heterocycles. The number of aromatic nitrogens is 1. The molecule has 0 fully saturated rings. The molecule has 1 aliphatic rings. The molecule has 1 aromatic heterocycles. The molecular weight excluding hydrogens is 292 g/mol. The highest BCUT2D eigenvalue weighted by Crippen LogP contribution is 2.20. The molecule has 1 aliphatic carbocycles. The summed E-state index contributed by atoms with van der Waals surface area (Å²) < 4.78 is 1.85. The number of amides is 1. The third-order valence-corrected chi connectivity index (χ3v) is 4.41. The number of nitrogens with one attached hydrogen (secondary N) is 1. The molecular formula is C18H26N2O3. The Morgan fingerprint density at radius 2 is 2.13 bits per heavy atom. The quantitative estimate of drug-likeness (QED) is 0.759. The second-order valence-corrected chi connectivity index (χ2v) is 6.11. The molecule has 126 valence electrons. The number of rotatable bonds is 7. The summed E-state index contributed by atoms with van der Waals surface area (Å²) in [6, 6.07) is 0. The Balaban J connectivity index is 1.94. The zero-order valence-corrected chi connectivity index (χ0v) is 14.0. The van der Waals surface area contributed by atoms with Crippen LogP contribution in [0.3, 0.4) is 0 Å². The summed E-state index contributed by atoms with van der Waals surface area (Å²) in [7, 11) is 0. The number of carbonyl (C=O) groups excluding carboxylic acids is 1. The van der Waals surface area contributed by atoms with Crippen LogP contribution in [-0.4, -0.2) is 28.1 Å². The van der Waals surface area contributed by atoms with E-state index in [9.17, 15) is 14.7 Å². The summed E-state index contributed by atoms with van der Waals surface area (Å²) in [5.41, 5.74) is 2.98. The average Bonchev–Trinajstić information content (AvgIpc) is 2.84. The number of carboxylic acids is 1. The van der Waals surface area contributed by atoms with E-state index in [1.165, 1.54) is 18.4 Å². The highest BCUT2D eigenvalue weighted by Gasteiger charge is 2.20. The molecule has 0 bridgehead atoms. The van der Waals surface area contributed by atoms with Gasteiger partial charge in [0.05, 0.1) is 12.0 Å². The lowest BCUT2D eigenvalue weighted by molar-refractivity contribution is -0.120. The van der Waals surface area contributed by atoms with Gasteiger partial charge in [-0.25, -0.2) is 4.79 Å². The fourth-order valence-corrected chi connectivity index (χ4v) is 3.22. The largest absolute Gasteiger partial charge is 0.478 e. The summed E-state index contributed by atoms with van der Waals surface area (Å²) in [6.07, 6.45) is 9.88. The van der Waals surface area contributed by atoms with Gasteiger partial charge in [-0.05, 0) is 51.5 Å². The first kappa shape index (κ1) is 17.3. The maximum absolute atomic E-state index is 12.2. The monoisotopic (exact) mass is 318 g/mol. The first-order valence-electron chi connectivity index (χ1n) is 8.39. The third-order valence-electron chi connectivity index (χ3n) is 4.41. The molecule has 2 rings (SSSR count). The van der Waals surface area contributed by atoms with Crippen LogP contribution in [0.4, 0.5) is 0 Å². The van der Waals surface area contributed by atoms with Crippen LogP contribution in [-0.2, 0) is 17.8 Å². The Kier molecular flexibility index (Phi) is 6.02. The van der Waals surface area contributed by atoms with E-state index >= 15 is 0 Å². The molecule has 23 heavy (non-hydrogen) atoms. The average molecular weight is 318 g/mol. The summed E-state index contributed by atoms with van der Waals surface area (Å²) >= 11 is 0. The van der Waals surface area contributed by atoms with Crippen LogP contribution in [0.5, 0.6) is 0 Å². The Morgan fingerprint density at radius 1 is 1.35 bits per heavy atom. The van der Waals surface area contributed by atoms with Crippen LogP contribution in [0.15, 0.2) is 17.8 Å². The molecule has 0 radical (unpaired) electrons. The normalized spacial score (nSPS) is 14.4. The van der Waals surface area contributed by atoms with Crippen LogP contribution in [0.25, 0.3) is 0 Å². The predicted molar refractivity (Wildman–Crippen MR) is 89.7 cm³/mol. The van der Waals surface area contributed by atoms with Crippen LogP contribution in [0.1, 0.15) is 60.6 Å². The molecule has 0 aliphatic heterocycles. The van der Waals surface area contributed by atoms with Crippen LogP contribution in [0, 0.1) is 6.92 Å². The number of hydrogen-bond donors (Lipinski definition) is 2. The molecule has 1 amide bonds. The van der Waals surface area contributed by atoms with Crippen molar-refractivity contribution >= 4 is 11.9 Å². The minimum Gasteiger partial charge on any atom is -0.478 e. The van der Waals surface area contributed by atoms with Crippen LogP contribution >= 0.6 is 0 Å². The van der Waals surface area contributed by atoms with E-state index in [0.717, 1.165) is 19.3 Å². The maximum atomic E-state index is 12.2. The van der Waals surface area contributed by atoms with Gasteiger partial charge in [0.1, 0.15) is 0 Å². The van der Waals surface area contributed by atoms with Gasteiger partial charge in [-0.1, -0.05) is 11.6 Å². The molecule has 1 heterocycles. The summed E-state index contributed by atoms with van der Waals surface area (Å²) in [6.45, 7) is 5.00. The standard InChI is InChI=1S/C18H26N2O3/c1-3-20-12-13(2)17(18(22)23)15(20)11-16(21)19-10-9-14-7-5-4-6-8-14/h7,12H,3-6,8-11H2,1-2H3,(H,19,21)(H,22,23). The smallest absolute Gasteiger partial charge is 0.337 e. The van der Waals surface area contributed by atoms with E-state index in [2.05, 4.69) is 11.4 Å². The fraction of sp³-hybridized carbons (Fsp3) is 0.556. The molecule has 0 unspecified atom stereocenters. The van der Waals surface area contributed by atoms with Crippen molar-refractivity contribution in [3.63, 3.8) is 0 Å². The molecule has 2 N–H and O–H groups in total. The van der Waals surface area contributed by atoms with Crippen molar-refractivity contribution < 1.29 is 14.7 Å². The number of nitrogens with zero attached hydrogens (tertiary/aromatic N) is 1. The lowest BCUT2D eigenvalue weighted by Gasteiger charge is -2.13. The molecule has 0 spiro atoms. The summed E-state index contributed by atoms with van der Waals surface area (Å²) in [5.74, 6) is -1.08. The van der Waals surface area contributed by atoms with E-state index in [-0.39, 0.29) is 17.9 Å². The number of carbonyl (C=O) groups is 2. The minimum atomic E-state index is -0.968. The van der Waals surface area contributed by atoms with Crippen molar-refractivity contribution in [2.75, 3.05) is 6.54 Å². The Morgan fingerprint density at radius 3 is 2.74 bits per heavy atom. The van der Waals surface area contributed by atoms with E-state index in [1.807, 2.05) is 11.5 Å². The zero-order valence-electron chi connectivity index (χ0n) is 14.0. The van der Waals surface area contributed by atoms with Gasteiger partial charge in [-0.2, -0.15) is 0 Å². The SMILES string of the molecule is CCn1cc(C)c(C(=O)O)c1CC(=O)NCCC1=CCCCC1. The van der Waals surface area contributed by atoms with Crippen molar-refractivity contribution in [3.05, 3.63) is 34.7 Å². The lowest BCUT2D eigenvalue weighted by Crippen LogP contribution is -2.28. The number of aromatic carboxylic acids is 1. The second-order valence-electron chi connectivity index (χ2n) is 6.11. The predicted octanol–water partition coefficient (Wildman–Crippen LogP) is 3.06. The Bertz CT molecular complexity index is 614. The number of allylic oxidation sites excluding steroid dienone is 1. The van der Waals surface area contributed by atoms with Gasteiger partial charge in [0, 0.05) is 25.0 Å². The van der Waals surface area contributed by atoms with E-state index < -0.39 is 5.97 Å². The Hall–Kier alpha value is -2.04. The third kappa shape index (κ3) is 4.47. The van der Waals surface area contributed by atoms with Crippen LogP contribution < -0.4 is 5.32 Å².